The van der Waals surface area contributed by atoms with Crippen LogP contribution in [-0.2, 0) is 10.0 Å². The van der Waals surface area contributed by atoms with E-state index in [-0.39, 0.29) is 10.8 Å². The van der Waals surface area contributed by atoms with Gasteiger partial charge in [-0.3, -0.25) is 9.10 Å². The van der Waals surface area contributed by atoms with Gasteiger partial charge in [0.15, 0.2) is 5.13 Å². The topological polar surface area (TPSA) is 92.3 Å². The number of anilines is 2. The molecule has 4 aromatic rings. The normalized spacial score (nSPS) is 14.0. The molecule has 2 heterocycles. The van der Waals surface area contributed by atoms with Crippen molar-refractivity contribution in [1.82, 2.24) is 9.88 Å². The lowest BCUT2D eigenvalue weighted by Crippen LogP contribution is -2.48. The van der Waals surface area contributed by atoms with E-state index in [0.717, 1.165) is 21.1 Å². The zero-order valence-electron chi connectivity index (χ0n) is 21.3. The number of aromatic nitrogens is 1. The molecule has 198 valence electrons. The Morgan fingerprint density at radius 1 is 0.895 bits per heavy atom. The van der Waals surface area contributed by atoms with Gasteiger partial charge < -0.3 is 19.3 Å². The molecule has 1 aromatic heterocycles. The van der Waals surface area contributed by atoms with Crippen molar-refractivity contribution in [1.29, 1.82) is 0 Å². The Labute approximate surface area is 225 Å². The van der Waals surface area contributed by atoms with Crippen LogP contribution in [0.5, 0.6) is 11.5 Å². The zero-order chi connectivity index (χ0) is 26.9. The smallest absolute Gasteiger partial charge is 0.264 e. The number of carbonyl (C=O) groups excluding carboxylic acids is 1. The summed E-state index contributed by atoms with van der Waals surface area (Å²) < 4.78 is 39.2. The molecule has 1 fully saturated rings. The summed E-state index contributed by atoms with van der Waals surface area (Å²) in [5, 5.41) is 0.854. The molecule has 5 rings (SSSR count). The molecule has 0 bridgehead atoms. The Morgan fingerprint density at radius 2 is 1.53 bits per heavy atom. The summed E-state index contributed by atoms with van der Waals surface area (Å²) in [6.45, 7) is 2.31. The lowest BCUT2D eigenvalue weighted by atomic mass is 10.2. The van der Waals surface area contributed by atoms with Gasteiger partial charge in [-0.05, 0) is 48.5 Å². The summed E-state index contributed by atoms with van der Waals surface area (Å²) in [7, 11) is 1.03. The molecule has 38 heavy (non-hydrogen) atoms. The molecule has 0 aliphatic carbocycles. The van der Waals surface area contributed by atoms with Crippen LogP contribution in [0.3, 0.4) is 0 Å². The van der Waals surface area contributed by atoms with Crippen molar-refractivity contribution < 1.29 is 22.7 Å². The van der Waals surface area contributed by atoms with E-state index < -0.39 is 10.0 Å². The average molecular weight is 553 g/mol. The van der Waals surface area contributed by atoms with E-state index >= 15 is 0 Å². The van der Waals surface area contributed by atoms with Crippen molar-refractivity contribution in [2.24, 2.45) is 0 Å². The van der Waals surface area contributed by atoms with E-state index in [0.29, 0.717) is 43.2 Å². The second-order valence-electron chi connectivity index (χ2n) is 8.76. The minimum atomic E-state index is -3.74. The zero-order valence-corrected chi connectivity index (χ0v) is 23.0. The number of thiazole rings is 1. The summed E-state index contributed by atoms with van der Waals surface area (Å²) in [4.78, 5) is 22.0. The molecule has 0 saturated carbocycles. The van der Waals surface area contributed by atoms with Gasteiger partial charge in [0, 0.05) is 38.8 Å². The van der Waals surface area contributed by atoms with E-state index in [1.54, 1.807) is 66.9 Å². The standard InChI is InChI=1S/C27H28N4O5S2/c1-29(20-7-5-4-6-8-20)38(33,34)21-11-9-19(10-12-21)26(32)30-15-17-31(18-16-30)27-28-24-22(35-2)13-14-23(36-3)25(24)37-27/h4-14H,15-18H2,1-3H3. The van der Waals surface area contributed by atoms with Gasteiger partial charge in [-0.25, -0.2) is 13.4 Å². The van der Waals surface area contributed by atoms with Crippen LogP contribution in [0.4, 0.5) is 10.8 Å². The number of nitrogens with zero attached hydrogens (tertiary/aromatic N) is 4. The van der Waals surface area contributed by atoms with Gasteiger partial charge in [0.05, 0.1) is 24.8 Å². The fraction of sp³-hybridized carbons (Fsp3) is 0.259. The Kier molecular flexibility index (Phi) is 7.13. The molecule has 1 saturated heterocycles. The molecular formula is C27H28N4O5S2. The monoisotopic (exact) mass is 552 g/mol. The lowest BCUT2D eigenvalue weighted by Gasteiger charge is -2.34. The highest BCUT2D eigenvalue weighted by Gasteiger charge is 2.26. The first-order valence-corrected chi connectivity index (χ1v) is 14.3. The van der Waals surface area contributed by atoms with E-state index in [1.807, 2.05) is 18.2 Å². The molecule has 11 heteroatoms. The van der Waals surface area contributed by atoms with Gasteiger partial charge in [-0.1, -0.05) is 29.5 Å². The van der Waals surface area contributed by atoms with Crippen LogP contribution in [0.25, 0.3) is 10.2 Å². The van der Waals surface area contributed by atoms with Crippen LogP contribution < -0.4 is 18.7 Å². The molecule has 0 atom stereocenters. The van der Waals surface area contributed by atoms with Crippen LogP contribution in [-0.4, -0.2) is 71.7 Å². The van der Waals surface area contributed by atoms with E-state index in [9.17, 15) is 13.2 Å². The number of methoxy groups -OCH3 is 2. The number of rotatable bonds is 7. The van der Waals surface area contributed by atoms with Crippen molar-refractivity contribution >= 4 is 48.3 Å². The molecule has 9 nitrogen and oxygen atoms in total. The second-order valence-corrected chi connectivity index (χ2v) is 11.7. The summed E-state index contributed by atoms with van der Waals surface area (Å²) in [5.41, 5.74) is 1.78. The first-order valence-electron chi connectivity index (χ1n) is 12.0. The number of ether oxygens (including phenoxy) is 2. The molecule has 0 unspecified atom stereocenters. The predicted molar refractivity (Wildman–Crippen MR) is 149 cm³/mol. The summed E-state index contributed by atoms with van der Waals surface area (Å²) in [5.74, 6) is 1.31. The van der Waals surface area contributed by atoms with Gasteiger partial charge >= 0.3 is 0 Å². The second kappa shape index (κ2) is 10.5. The number of benzene rings is 3. The molecule has 0 radical (unpaired) electrons. The van der Waals surface area contributed by atoms with Crippen molar-refractivity contribution in [2.45, 2.75) is 4.90 Å². The summed E-state index contributed by atoms with van der Waals surface area (Å²) >= 11 is 1.54. The van der Waals surface area contributed by atoms with Crippen LogP contribution in [0.1, 0.15) is 10.4 Å². The summed E-state index contributed by atoms with van der Waals surface area (Å²) in [6.07, 6.45) is 0. The average Bonchev–Trinajstić information content (AvgIpc) is 3.42. The molecule has 3 aromatic carbocycles. The highest BCUT2D eigenvalue weighted by molar-refractivity contribution is 7.92. The Hall–Kier alpha value is -3.83. The number of sulfonamides is 1. The van der Waals surface area contributed by atoms with E-state index in [4.69, 9.17) is 14.5 Å². The van der Waals surface area contributed by atoms with Crippen molar-refractivity contribution in [2.75, 3.05) is 56.7 Å². The number of hydrogen-bond donors (Lipinski definition) is 0. The fourth-order valence-corrected chi connectivity index (χ4v) is 6.72. The minimum absolute atomic E-state index is 0.127. The van der Waals surface area contributed by atoms with Gasteiger partial charge in [-0.2, -0.15) is 0 Å². The largest absolute Gasteiger partial charge is 0.495 e. The van der Waals surface area contributed by atoms with Crippen molar-refractivity contribution in [3.05, 3.63) is 72.3 Å². The highest BCUT2D eigenvalue weighted by atomic mass is 32.2. The Balaban J connectivity index is 1.26. The Morgan fingerprint density at radius 3 is 2.16 bits per heavy atom. The lowest BCUT2D eigenvalue weighted by molar-refractivity contribution is 0.0746. The number of piperazine rings is 1. The minimum Gasteiger partial charge on any atom is -0.495 e. The van der Waals surface area contributed by atoms with Gasteiger partial charge in [-0.15, -0.1) is 0 Å². The number of para-hydroxylation sites is 1. The first-order chi connectivity index (χ1) is 18.3. The van der Waals surface area contributed by atoms with Gasteiger partial charge in [0.2, 0.25) is 0 Å². The molecule has 1 aliphatic rings. The molecule has 1 amide bonds. The molecular weight excluding hydrogens is 524 g/mol. The molecule has 1 aliphatic heterocycles. The van der Waals surface area contributed by atoms with Crippen molar-refractivity contribution in [3.63, 3.8) is 0 Å². The third kappa shape index (κ3) is 4.74. The number of hydrogen-bond acceptors (Lipinski definition) is 8. The number of carbonyl (C=O) groups is 1. The van der Waals surface area contributed by atoms with Crippen LogP contribution >= 0.6 is 11.3 Å². The molecule has 0 spiro atoms. The number of amides is 1. The highest BCUT2D eigenvalue weighted by Crippen LogP contribution is 2.40. The van der Waals surface area contributed by atoms with E-state index in [1.165, 1.54) is 23.5 Å². The van der Waals surface area contributed by atoms with Gasteiger partial charge in [0.1, 0.15) is 21.7 Å². The maximum Gasteiger partial charge on any atom is 0.264 e. The fourth-order valence-electron chi connectivity index (χ4n) is 4.40. The van der Waals surface area contributed by atoms with E-state index in [2.05, 4.69) is 4.90 Å². The van der Waals surface area contributed by atoms with Gasteiger partial charge in [0.25, 0.3) is 15.9 Å². The maximum atomic E-state index is 13.2. The predicted octanol–water partition coefficient (Wildman–Crippen LogP) is 4.10. The summed E-state index contributed by atoms with van der Waals surface area (Å²) in [6, 6.07) is 18.7. The van der Waals surface area contributed by atoms with Crippen LogP contribution in [0.2, 0.25) is 0 Å². The van der Waals surface area contributed by atoms with Crippen molar-refractivity contribution in [3.8, 4) is 11.5 Å². The van der Waals surface area contributed by atoms with Crippen LogP contribution in [0.15, 0.2) is 71.6 Å². The number of fused-ring (bicyclic) bond motifs is 1. The quantitative estimate of drug-likeness (QED) is 0.341. The third-order valence-electron chi connectivity index (χ3n) is 6.62. The first kappa shape index (κ1) is 25.8. The van der Waals surface area contributed by atoms with Crippen LogP contribution in [0, 0.1) is 0 Å². The Bertz CT molecular complexity index is 1510. The molecule has 0 N–H and O–H groups in total. The third-order valence-corrected chi connectivity index (χ3v) is 9.55. The SMILES string of the molecule is COc1ccc(OC)c2sc(N3CCN(C(=O)c4ccc(S(=O)(=O)N(C)c5ccccc5)cc4)CC3)nc12. The maximum absolute atomic E-state index is 13.2.